The lowest BCUT2D eigenvalue weighted by Gasteiger charge is -2.31. The number of fused-ring (bicyclic) bond motifs is 1. The zero-order valence-corrected chi connectivity index (χ0v) is 17.5. The van der Waals surface area contributed by atoms with E-state index >= 15 is 0 Å². The molecule has 2 atom stereocenters. The molecule has 0 amide bonds. The smallest absolute Gasteiger partial charge is 0.330 e. The molecular formula is C21H36NO4P. The number of rotatable bonds is 12. The second-order valence-corrected chi connectivity index (χ2v) is 9.15. The molecule has 0 heterocycles. The molecule has 1 aromatic rings. The highest BCUT2D eigenvalue weighted by atomic mass is 31.2. The van der Waals surface area contributed by atoms with Crippen LogP contribution in [0.25, 0.3) is 0 Å². The molecule has 0 spiro atoms. The van der Waals surface area contributed by atoms with E-state index in [1.54, 1.807) is 0 Å². The summed E-state index contributed by atoms with van der Waals surface area (Å²) in [5.74, 6) is 0.298. The monoisotopic (exact) mass is 397 g/mol. The van der Waals surface area contributed by atoms with Crippen molar-refractivity contribution >= 4 is 7.82 Å². The largest absolute Gasteiger partial charge is 0.469 e. The summed E-state index contributed by atoms with van der Waals surface area (Å²) in [6.07, 6.45) is 12.0. The normalized spacial score (nSPS) is 18.3. The van der Waals surface area contributed by atoms with Gasteiger partial charge in [0.1, 0.15) is 0 Å². The Morgan fingerprint density at radius 3 is 2.63 bits per heavy atom. The number of aryl methyl sites for hydroxylation is 2. The Morgan fingerprint density at radius 1 is 1.19 bits per heavy atom. The summed E-state index contributed by atoms with van der Waals surface area (Å²) < 4.78 is 15.7. The molecule has 5 nitrogen and oxygen atoms in total. The average Bonchev–Trinajstić information content (AvgIpc) is 2.64. The molecule has 0 saturated heterocycles. The van der Waals surface area contributed by atoms with E-state index in [1.807, 2.05) is 0 Å². The van der Waals surface area contributed by atoms with Gasteiger partial charge in [0.2, 0.25) is 0 Å². The second-order valence-electron chi connectivity index (χ2n) is 7.91. The van der Waals surface area contributed by atoms with Gasteiger partial charge in [0.05, 0.1) is 6.61 Å². The molecule has 1 aromatic carbocycles. The third-order valence-electron chi connectivity index (χ3n) is 5.78. The Balaban J connectivity index is 1.84. The second kappa shape index (κ2) is 11.3. The SMILES string of the molecule is CCCCCCCCc1ccc2c(c1)CCC(C(CN)COP(=O)(O)O)C2. The van der Waals surface area contributed by atoms with Crippen molar-refractivity contribution in [2.75, 3.05) is 13.2 Å². The maximum Gasteiger partial charge on any atom is 0.469 e. The van der Waals surface area contributed by atoms with E-state index in [0.29, 0.717) is 12.5 Å². The summed E-state index contributed by atoms with van der Waals surface area (Å²) in [6.45, 7) is 2.66. The quantitative estimate of drug-likeness (QED) is 0.360. The van der Waals surface area contributed by atoms with E-state index in [2.05, 4.69) is 25.1 Å². The summed E-state index contributed by atoms with van der Waals surface area (Å²) in [4.78, 5) is 17.9. The van der Waals surface area contributed by atoms with E-state index in [1.165, 1.54) is 55.2 Å². The van der Waals surface area contributed by atoms with Crippen LogP contribution in [0.5, 0.6) is 0 Å². The van der Waals surface area contributed by atoms with Gasteiger partial charge in [0.15, 0.2) is 0 Å². The number of hydrogen-bond acceptors (Lipinski definition) is 3. The van der Waals surface area contributed by atoms with Crippen molar-refractivity contribution in [3.8, 4) is 0 Å². The van der Waals surface area contributed by atoms with Crippen LogP contribution in [-0.2, 0) is 28.4 Å². The number of phosphoric ester groups is 1. The lowest BCUT2D eigenvalue weighted by atomic mass is 9.77. The number of benzene rings is 1. The van der Waals surface area contributed by atoms with Crippen molar-refractivity contribution in [2.45, 2.75) is 71.1 Å². The van der Waals surface area contributed by atoms with Crippen LogP contribution in [0.2, 0.25) is 0 Å². The number of hydrogen-bond donors (Lipinski definition) is 3. The van der Waals surface area contributed by atoms with Crippen LogP contribution in [0.4, 0.5) is 0 Å². The van der Waals surface area contributed by atoms with E-state index < -0.39 is 7.82 Å². The molecule has 6 heteroatoms. The maximum absolute atomic E-state index is 11.0. The van der Waals surface area contributed by atoms with Crippen LogP contribution in [0, 0.1) is 11.8 Å². The predicted octanol–water partition coefficient (Wildman–Crippen LogP) is 4.38. The standard InChI is InChI=1S/C21H36NO4P/c1-2-3-4-5-6-7-8-17-9-10-19-14-20(12-11-18(19)13-17)21(15-22)16-26-27(23,24)25/h9-10,13,20-21H,2-8,11-12,14-16,22H2,1H3,(H2,23,24,25). The fraction of sp³-hybridized carbons (Fsp3) is 0.714. The molecule has 2 unspecified atom stereocenters. The van der Waals surface area contributed by atoms with E-state index in [9.17, 15) is 4.57 Å². The van der Waals surface area contributed by atoms with Crippen LogP contribution < -0.4 is 5.73 Å². The van der Waals surface area contributed by atoms with Crippen LogP contribution >= 0.6 is 7.82 Å². The van der Waals surface area contributed by atoms with Crippen molar-refractivity contribution in [3.63, 3.8) is 0 Å². The highest BCUT2D eigenvalue weighted by Gasteiger charge is 2.28. The minimum absolute atomic E-state index is 0.0198. The van der Waals surface area contributed by atoms with Gasteiger partial charge in [-0.15, -0.1) is 0 Å². The van der Waals surface area contributed by atoms with Crippen LogP contribution in [0.3, 0.4) is 0 Å². The van der Waals surface area contributed by atoms with E-state index in [0.717, 1.165) is 25.7 Å². The summed E-state index contributed by atoms with van der Waals surface area (Å²) in [5.41, 5.74) is 10.1. The third-order valence-corrected chi connectivity index (χ3v) is 6.27. The number of phosphoric acid groups is 1. The van der Waals surface area contributed by atoms with Gasteiger partial charge in [-0.1, -0.05) is 57.2 Å². The molecule has 1 aliphatic rings. The molecule has 27 heavy (non-hydrogen) atoms. The topological polar surface area (TPSA) is 92.8 Å². The number of unbranched alkanes of at least 4 members (excludes halogenated alkanes) is 5. The molecule has 0 fully saturated rings. The van der Waals surface area contributed by atoms with Crippen molar-refractivity contribution in [1.29, 1.82) is 0 Å². The van der Waals surface area contributed by atoms with Gasteiger partial charge in [-0.2, -0.15) is 0 Å². The molecule has 1 aliphatic carbocycles. The highest BCUT2D eigenvalue weighted by Crippen LogP contribution is 2.38. The van der Waals surface area contributed by atoms with Gasteiger partial charge in [-0.05, 0) is 67.2 Å². The molecule has 154 valence electrons. The van der Waals surface area contributed by atoms with Crippen molar-refractivity contribution in [2.24, 2.45) is 17.6 Å². The highest BCUT2D eigenvalue weighted by molar-refractivity contribution is 7.46. The molecule has 0 aromatic heterocycles. The van der Waals surface area contributed by atoms with Gasteiger partial charge in [0, 0.05) is 0 Å². The predicted molar refractivity (Wildman–Crippen MR) is 110 cm³/mol. The molecule has 0 saturated carbocycles. The summed E-state index contributed by atoms with van der Waals surface area (Å²) in [7, 11) is -4.43. The Morgan fingerprint density at radius 2 is 1.93 bits per heavy atom. The Hall–Kier alpha value is -0.710. The van der Waals surface area contributed by atoms with Gasteiger partial charge >= 0.3 is 7.82 Å². The zero-order chi connectivity index (χ0) is 19.7. The Kier molecular flexibility index (Phi) is 9.47. The fourth-order valence-electron chi connectivity index (χ4n) is 4.09. The first-order valence-corrected chi connectivity index (χ1v) is 12.0. The van der Waals surface area contributed by atoms with E-state index in [4.69, 9.17) is 20.0 Å². The van der Waals surface area contributed by atoms with E-state index in [-0.39, 0.29) is 12.5 Å². The summed E-state index contributed by atoms with van der Waals surface area (Å²) in [5, 5.41) is 0. The van der Waals surface area contributed by atoms with Crippen molar-refractivity contribution < 1.29 is 18.9 Å². The van der Waals surface area contributed by atoms with Gasteiger partial charge in [-0.25, -0.2) is 4.57 Å². The number of nitrogens with two attached hydrogens (primary N) is 1. The maximum atomic E-state index is 11.0. The third kappa shape index (κ3) is 8.05. The molecule has 4 N–H and O–H groups in total. The zero-order valence-electron chi connectivity index (χ0n) is 16.6. The first-order valence-electron chi connectivity index (χ1n) is 10.4. The van der Waals surface area contributed by atoms with Crippen LogP contribution in [0.1, 0.15) is 68.6 Å². The van der Waals surface area contributed by atoms with Gasteiger partial charge in [-0.3, -0.25) is 4.52 Å². The van der Waals surface area contributed by atoms with Crippen molar-refractivity contribution in [1.82, 2.24) is 0 Å². The average molecular weight is 397 g/mol. The summed E-state index contributed by atoms with van der Waals surface area (Å²) >= 11 is 0. The minimum Gasteiger partial charge on any atom is -0.330 e. The summed E-state index contributed by atoms with van der Waals surface area (Å²) in [6, 6.07) is 6.85. The first kappa shape index (κ1) is 22.6. The lowest BCUT2D eigenvalue weighted by Crippen LogP contribution is -2.31. The fourth-order valence-corrected chi connectivity index (χ4v) is 4.48. The van der Waals surface area contributed by atoms with Gasteiger partial charge < -0.3 is 15.5 Å². The molecule has 0 radical (unpaired) electrons. The minimum atomic E-state index is -4.43. The molecule has 2 rings (SSSR count). The van der Waals surface area contributed by atoms with Crippen LogP contribution in [-0.4, -0.2) is 22.9 Å². The molecule has 0 aliphatic heterocycles. The Labute approximate surface area is 163 Å². The van der Waals surface area contributed by atoms with Crippen LogP contribution in [0.15, 0.2) is 18.2 Å². The lowest BCUT2D eigenvalue weighted by molar-refractivity contribution is 0.139. The molecule has 0 bridgehead atoms. The molecular weight excluding hydrogens is 361 g/mol. The van der Waals surface area contributed by atoms with Gasteiger partial charge in [0.25, 0.3) is 0 Å². The van der Waals surface area contributed by atoms with Crippen molar-refractivity contribution in [3.05, 3.63) is 34.9 Å². The Bertz CT molecular complexity index is 616. The first-order chi connectivity index (χ1) is 12.9.